The molecule has 0 heterocycles. The third-order valence-corrected chi connectivity index (χ3v) is 13.8. The maximum atomic E-state index is 2.40. The highest BCUT2D eigenvalue weighted by Gasteiger charge is 2.35. The van der Waals surface area contributed by atoms with E-state index in [1.807, 2.05) is 0 Å². The van der Waals surface area contributed by atoms with E-state index in [9.17, 15) is 0 Å². The molecule has 4 rings (SSSR count). The van der Waals surface area contributed by atoms with Gasteiger partial charge in [0.05, 0.1) is 0 Å². The molecule has 0 amide bonds. The largest absolute Gasteiger partial charge is 0.0653 e. The zero-order chi connectivity index (χ0) is 24.1. The molecule has 0 aliphatic carbocycles. The zero-order valence-corrected chi connectivity index (χ0v) is 22.9. The van der Waals surface area contributed by atoms with E-state index in [1.54, 1.807) is 21.2 Å². The first kappa shape index (κ1) is 24.9. The van der Waals surface area contributed by atoms with Crippen molar-refractivity contribution in [2.75, 3.05) is 0 Å². The van der Waals surface area contributed by atoms with Crippen LogP contribution in [0.25, 0.3) is 0 Å². The summed E-state index contributed by atoms with van der Waals surface area (Å²) >= 11 is 0. The Morgan fingerprint density at radius 3 is 0.971 bits per heavy atom. The van der Waals surface area contributed by atoms with Crippen LogP contribution in [0.1, 0.15) is 42.0 Å². The summed E-state index contributed by atoms with van der Waals surface area (Å²) in [6.45, 7) is 11.6. The normalized spacial score (nSPS) is 11.5. The molecule has 0 saturated carbocycles. The minimum absolute atomic E-state index is 0.544. The first-order valence-corrected chi connectivity index (χ1v) is 15.2. The standard InChI is InChI=1S/C32H36P2/c1-6-15-32(33(28-20-11-7-16-24(28)2)29-21-12-8-17-25(29)3)34(30-22-13-9-18-26(30)4)31-23-14-10-19-27(31)5/h7-14,16-23,32H,6,15H2,1-5H3. The summed E-state index contributed by atoms with van der Waals surface area (Å²) in [6.07, 6.45) is 2.42. The second-order valence-corrected chi connectivity index (χ2v) is 14.2. The van der Waals surface area contributed by atoms with Crippen LogP contribution in [0.3, 0.4) is 0 Å². The number of benzene rings is 4. The average molecular weight is 483 g/mol. The molecule has 2 heteroatoms. The van der Waals surface area contributed by atoms with Gasteiger partial charge in [0.1, 0.15) is 0 Å². The Hall–Kier alpha value is -2.26. The molecule has 0 bridgehead atoms. The Kier molecular flexibility index (Phi) is 8.37. The summed E-state index contributed by atoms with van der Waals surface area (Å²) < 4.78 is 0. The van der Waals surface area contributed by atoms with Crippen molar-refractivity contribution < 1.29 is 0 Å². The summed E-state index contributed by atoms with van der Waals surface area (Å²) in [7, 11) is -1.09. The number of hydrogen-bond acceptors (Lipinski definition) is 0. The average Bonchev–Trinajstić information content (AvgIpc) is 2.84. The Bertz CT molecular complexity index is 1060. The third kappa shape index (κ3) is 5.20. The van der Waals surface area contributed by atoms with Gasteiger partial charge in [0, 0.05) is 5.40 Å². The van der Waals surface area contributed by atoms with Crippen molar-refractivity contribution in [2.24, 2.45) is 0 Å². The van der Waals surface area contributed by atoms with Gasteiger partial charge in [0.15, 0.2) is 0 Å². The molecule has 0 unspecified atom stereocenters. The molecule has 0 fully saturated rings. The zero-order valence-electron chi connectivity index (χ0n) is 21.1. The van der Waals surface area contributed by atoms with E-state index in [0.29, 0.717) is 5.40 Å². The molecule has 34 heavy (non-hydrogen) atoms. The fourth-order valence-corrected chi connectivity index (χ4v) is 12.9. The second kappa shape index (κ2) is 11.4. The highest BCUT2D eigenvalue weighted by Crippen LogP contribution is 2.59. The third-order valence-electron chi connectivity index (χ3n) is 6.64. The first-order chi connectivity index (χ1) is 16.5. The van der Waals surface area contributed by atoms with Crippen molar-refractivity contribution in [2.45, 2.75) is 52.9 Å². The van der Waals surface area contributed by atoms with Gasteiger partial charge in [-0.2, -0.15) is 0 Å². The smallest absolute Gasteiger partial charge is 0.0155 e. The summed E-state index contributed by atoms with van der Waals surface area (Å²) in [6, 6.07) is 36.5. The van der Waals surface area contributed by atoms with Gasteiger partial charge >= 0.3 is 0 Å². The fourth-order valence-electron chi connectivity index (χ4n) is 4.87. The maximum Gasteiger partial charge on any atom is 0.0155 e. The molecule has 0 saturated heterocycles. The highest BCUT2D eigenvalue weighted by molar-refractivity contribution is 7.89. The van der Waals surface area contributed by atoms with Gasteiger partial charge < -0.3 is 0 Å². The number of hydrogen-bond donors (Lipinski definition) is 0. The lowest BCUT2D eigenvalue weighted by Gasteiger charge is -2.38. The van der Waals surface area contributed by atoms with E-state index in [0.717, 1.165) is 0 Å². The minimum atomic E-state index is -0.544. The van der Waals surface area contributed by atoms with Crippen molar-refractivity contribution in [3.8, 4) is 0 Å². The van der Waals surface area contributed by atoms with Crippen LogP contribution in [0, 0.1) is 27.7 Å². The minimum Gasteiger partial charge on any atom is -0.0653 e. The molecule has 174 valence electrons. The summed E-state index contributed by atoms with van der Waals surface area (Å²) in [5.41, 5.74) is 5.68. The van der Waals surface area contributed by atoms with Crippen LogP contribution in [0.2, 0.25) is 0 Å². The van der Waals surface area contributed by atoms with Gasteiger partial charge in [0.2, 0.25) is 0 Å². The van der Waals surface area contributed by atoms with Gasteiger partial charge in [-0.25, -0.2) is 0 Å². The van der Waals surface area contributed by atoms with Gasteiger partial charge in [0.25, 0.3) is 0 Å². The van der Waals surface area contributed by atoms with Gasteiger partial charge in [-0.1, -0.05) is 110 Å². The number of rotatable bonds is 8. The monoisotopic (exact) mass is 482 g/mol. The van der Waals surface area contributed by atoms with Crippen molar-refractivity contribution in [1.29, 1.82) is 0 Å². The van der Waals surface area contributed by atoms with Crippen molar-refractivity contribution in [3.05, 3.63) is 119 Å². The molecule has 4 aromatic rings. The van der Waals surface area contributed by atoms with Crippen LogP contribution in [0.15, 0.2) is 97.1 Å². The number of aryl methyl sites for hydroxylation is 4. The summed E-state index contributed by atoms with van der Waals surface area (Å²) in [5, 5.41) is 6.74. The Morgan fingerprint density at radius 1 is 0.471 bits per heavy atom. The topological polar surface area (TPSA) is 0 Å². The first-order valence-electron chi connectivity index (χ1n) is 12.3. The van der Waals surface area contributed by atoms with Crippen LogP contribution >= 0.6 is 15.8 Å². The van der Waals surface area contributed by atoms with E-state index < -0.39 is 15.8 Å². The van der Waals surface area contributed by atoms with Crippen LogP contribution < -0.4 is 21.2 Å². The quantitative estimate of drug-likeness (QED) is 0.227. The molecule has 0 aliphatic heterocycles. The Labute approximate surface area is 209 Å². The van der Waals surface area contributed by atoms with E-state index in [1.165, 1.54) is 35.1 Å². The summed E-state index contributed by atoms with van der Waals surface area (Å²) in [5.74, 6) is 0. The van der Waals surface area contributed by atoms with E-state index in [4.69, 9.17) is 0 Å². The van der Waals surface area contributed by atoms with Crippen LogP contribution in [-0.2, 0) is 0 Å². The van der Waals surface area contributed by atoms with Crippen molar-refractivity contribution in [1.82, 2.24) is 0 Å². The lowest BCUT2D eigenvalue weighted by molar-refractivity contribution is 0.863. The maximum absolute atomic E-state index is 2.40. The molecule has 0 aliphatic rings. The van der Waals surface area contributed by atoms with Crippen LogP contribution in [0.5, 0.6) is 0 Å². The molecule has 0 aromatic heterocycles. The predicted octanol–water partition coefficient (Wildman–Crippen LogP) is 7.61. The van der Waals surface area contributed by atoms with Crippen molar-refractivity contribution in [3.63, 3.8) is 0 Å². The SMILES string of the molecule is CCCC(P(c1ccccc1C)c1ccccc1C)P(c1ccccc1C)c1ccccc1C. The molecule has 0 spiro atoms. The van der Waals surface area contributed by atoms with Crippen molar-refractivity contribution >= 4 is 37.1 Å². The van der Waals surface area contributed by atoms with Crippen LogP contribution in [-0.4, -0.2) is 5.40 Å². The highest BCUT2D eigenvalue weighted by atomic mass is 31.2. The van der Waals surface area contributed by atoms with E-state index >= 15 is 0 Å². The Balaban J connectivity index is 2.02. The molecular formula is C32H36P2. The fraction of sp³-hybridized carbons (Fsp3) is 0.250. The molecule has 0 nitrogen and oxygen atoms in total. The second-order valence-electron chi connectivity index (χ2n) is 9.16. The molecule has 0 N–H and O–H groups in total. The van der Waals surface area contributed by atoms with E-state index in [2.05, 4.69) is 132 Å². The van der Waals surface area contributed by atoms with Gasteiger partial charge in [-0.15, -0.1) is 0 Å². The lowest BCUT2D eigenvalue weighted by Crippen LogP contribution is -2.30. The molecule has 0 atom stereocenters. The molecule has 0 radical (unpaired) electrons. The predicted molar refractivity (Wildman–Crippen MR) is 156 cm³/mol. The van der Waals surface area contributed by atoms with E-state index in [-0.39, 0.29) is 0 Å². The molecular weight excluding hydrogens is 446 g/mol. The Morgan fingerprint density at radius 2 is 0.735 bits per heavy atom. The molecule has 4 aromatic carbocycles. The van der Waals surface area contributed by atoms with Gasteiger partial charge in [-0.05, 0) is 93.4 Å². The summed E-state index contributed by atoms with van der Waals surface area (Å²) in [4.78, 5) is 0. The van der Waals surface area contributed by atoms with Crippen LogP contribution in [0.4, 0.5) is 0 Å². The van der Waals surface area contributed by atoms with Gasteiger partial charge in [-0.3, -0.25) is 0 Å². The lowest BCUT2D eigenvalue weighted by atomic mass is 10.2.